The Morgan fingerprint density at radius 1 is 1.50 bits per heavy atom. The molecule has 2 atom stereocenters. The van der Waals surface area contributed by atoms with Crippen molar-refractivity contribution in [3.05, 3.63) is 0 Å². The van der Waals surface area contributed by atoms with Crippen molar-refractivity contribution in [3.63, 3.8) is 0 Å². The summed E-state index contributed by atoms with van der Waals surface area (Å²) in [5.41, 5.74) is 0. The maximum atomic E-state index is 11.6. The normalized spacial score (nSPS) is 22.0. The van der Waals surface area contributed by atoms with Crippen LogP contribution in [0, 0.1) is 0 Å². The monoisotopic (exact) mass is 229 g/mol. The number of nitrogens with one attached hydrogen (secondary N) is 1. The SMILES string of the molecule is CCCC(OCC1CCCN1)C(=O)OCC. The number of carbonyl (C=O) groups is 1. The summed E-state index contributed by atoms with van der Waals surface area (Å²) < 4.78 is 10.6. The van der Waals surface area contributed by atoms with E-state index in [2.05, 4.69) is 5.32 Å². The molecule has 0 saturated carbocycles. The molecule has 1 fully saturated rings. The van der Waals surface area contributed by atoms with Crippen LogP contribution < -0.4 is 5.32 Å². The molecule has 0 aromatic rings. The van der Waals surface area contributed by atoms with Gasteiger partial charge < -0.3 is 14.8 Å². The first-order valence-electron chi connectivity index (χ1n) is 6.29. The molecule has 0 aromatic heterocycles. The van der Waals surface area contributed by atoms with Crippen molar-refractivity contribution in [1.82, 2.24) is 5.32 Å². The molecule has 0 aliphatic carbocycles. The summed E-state index contributed by atoms with van der Waals surface area (Å²) in [6, 6.07) is 0.411. The van der Waals surface area contributed by atoms with Crippen molar-refractivity contribution >= 4 is 5.97 Å². The van der Waals surface area contributed by atoms with Gasteiger partial charge in [-0.15, -0.1) is 0 Å². The van der Waals surface area contributed by atoms with E-state index in [-0.39, 0.29) is 12.1 Å². The lowest BCUT2D eigenvalue weighted by Gasteiger charge is -2.18. The van der Waals surface area contributed by atoms with Gasteiger partial charge in [-0.25, -0.2) is 4.79 Å². The Morgan fingerprint density at radius 2 is 2.31 bits per heavy atom. The highest BCUT2D eigenvalue weighted by atomic mass is 16.6. The first kappa shape index (κ1) is 13.5. The molecular formula is C12H23NO3. The molecule has 0 amide bonds. The maximum Gasteiger partial charge on any atom is 0.335 e. The van der Waals surface area contributed by atoms with E-state index in [0.717, 1.165) is 25.8 Å². The van der Waals surface area contributed by atoms with E-state index in [1.165, 1.54) is 6.42 Å². The quantitative estimate of drug-likeness (QED) is 0.672. The Morgan fingerprint density at radius 3 is 2.88 bits per heavy atom. The van der Waals surface area contributed by atoms with Gasteiger partial charge in [0.2, 0.25) is 0 Å². The summed E-state index contributed by atoms with van der Waals surface area (Å²) in [7, 11) is 0. The van der Waals surface area contributed by atoms with Gasteiger partial charge in [-0.1, -0.05) is 13.3 Å². The second-order valence-corrected chi connectivity index (χ2v) is 4.16. The van der Waals surface area contributed by atoms with Crippen molar-refractivity contribution in [2.45, 2.75) is 51.7 Å². The Bertz CT molecular complexity index is 202. The Kier molecular flexibility index (Phi) is 6.42. The fourth-order valence-electron chi connectivity index (χ4n) is 1.90. The molecule has 1 aliphatic rings. The highest BCUT2D eigenvalue weighted by Gasteiger charge is 2.22. The van der Waals surface area contributed by atoms with Crippen LogP contribution in [-0.4, -0.2) is 37.9 Å². The largest absolute Gasteiger partial charge is 0.464 e. The summed E-state index contributed by atoms with van der Waals surface area (Å²) in [6.45, 7) is 5.96. The highest BCUT2D eigenvalue weighted by Crippen LogP contribution is 2.10. The van der Waals surface area contributed by atoms with Gasteiger partial charge in [0.1, 0.15) is 0 Å². The van der Waals surface area contributed by atoms with Gasteiger partial charge in [0.25, 0.3) is 0 Å². The molecule has 4 nitrogen and oxygen atoms in total. The number of rotatable bonds is 7. The molecule has 1 N–H and O–H groups in total. The van der Waals surface area contributed by atoms with Crippen LogP contribution in [0.1, 0.15) is 39.5 Å². The average molecular weight is 229 g/mol. The lowest BCUT2D eigenvalue weighted by atomic mass is 10.2. The van der Waals surface area contributed by atoms with Gasteiger partial charge in [-0.2, -0.15) is 0 Å². The topological polar surface area (TPSA) is 47.6 Å². The average Bonchev–Trinajstić information content (AvgIpc) is 2.77. The molecule has 4 heteroatoms. The molecule has 16 heavy (non-hydrogen) atoms. The van der Waals surface area contributed by atoms with Crippen LogP contribution >= 0.6 is 0 Å². The van der Waals surface area contributed by atoms with E-state index in [4.69, 9.17) is 9.47 Å². The van der Waals surface area contributed by atoms with Crippen LogP contribution in [0.4, 0.5) is 0 Å². The zero-order chi connectivity index (χ0) is 11.8. The van der Waals surface area contributed by atoms with Crippen molar-refractivity contribution in [2.75, 3.05) is 19.8 Å². The fraction of sp³-hybridized carbons (Fsp3) is 0.917. The predicted molar refractivity (Wildman–Crippen MR) is 62.3 cm³/mol. The molecule has 0 radical (unpaired) electrons. The molecule has 1 heterocycles. The minimum absolute atomic E-state index is 0.220. The zero-order valence-corrected chi connectivity index (χ0v) is 10.3. The summed E-state index contributed by atoms with van der Waals surface area (Å²) in [4.78, 5) is 11.6. The smallest absolute Gasteiger partial charge is 0.335 e. The lowest BCUT2D eigenvalue weighted by molar-refractivity contribution is -0.157. The van der Waals surface area contributed by atoms with E-state index in [1.54, 1.807) is 0 Å². The number of esters is 1. The summed E-state index contributed by atoms with van der Waals surface area (Å²) in [5, 5.41) is 3.35. The molecule has 0 bridgehead atoms. The van der Waals surface area contributed by atoms with Crippen molar-refractivity contribution in [3.8, 4) is 0 Å². The highest BCUT2D eigenvalue weighted by molar-refractivity contribution is 5.74. The number of hydrogen-bond donors (Lipinski definition) is 1. The van der Waals surface area contributed by atoms with Gasteiger partial charge in [-0.3, -0.25) is 0 Å². The van der Waals surface area contributed by atoms with E-state index in [9.17, 15) is 4.79 Å². The van der Waals surface area contributed by atoms with Crippen LogP contribution in [-0.2, 0) is 14.3 Å². The second kappa shape index (κ2) is 7.63. The van der Waals surface area contributed by atoms with Gasteiger partial charge in [0.15, 0.2) is 6.10 Å². The van der Waals surface area contributed by atoms with Crippen molar-refractivity contribution in [1.29, 1.82) is 0 Å². The minimum atomic E-state index is -0.382. The molecule has 94 valence electrons. The lowest BCUT2D eigenvalue weighted by Crippen LogP contribution is -2.33. The second-order valence-electron chi connectivity index (χ2n) is 4.16. The van der Waals surface area contributed by atoms with Crippen molar-refractivity contribution < 1.29 is 14.3 Å². The number of carbonyl (C=O) groups excluding carboxylic acids is 1. The van der Waals surface area contributed by atoms with Crippen LogP contribution in [0.5, 0.6) is 0 Å². The number of ether oxygens (including phenoxy) is 2. The van der Waals surface area contributed by atoms with E-state index < -0.39 is 0 Å². The summed E-state index contributed by atoms with van der Waals surface area (Å²) in [5.74, 6) is -0.220. The Balaban J connectivity index is 2.28. The zero-order valence-electron chi connectivity index (χ0n) is 10.3. The maximum absolute atomic E-state index is 11.6. The first-order valence-corrected chi connectivity index (χ1v) is 6.29. The molecule has 1 rings (SSSR count). The van der Waals surface area contributed by atoms with Gasteiger partial charge in [0, 0.05) is 6.04 Å². The van der Waals surface area contributed by atoms with E-state index >= 15 is 0 Å². The standard InChI is InChI=1S/C12H23NO3/c1-3-6-11(12(14)15-4-2)16-9-10-7-5-8-13-10/h10-11,13H,3-9H2,1-2H3. The van der Waals surface area contributed by atoms with Gasteiger partial charge >= 0.3 is 5.97 Å². The van der Waals surface area contributed by atoms with Gasteiger partial charge in [0.05, 0.1) is 13.2 Å². The third-order valence-corrected chi connectivity index (χ3v) is 2.76. The van der Waals surface area contributed by atoms with E-state index in [1.807, 2.05) is 13.8 Å². The van der Waals surface area contributed by atoms with Crippen molar-refractivity contribution in [2.24, 2.45) is 0 Å². The molecule has 2 unspecified atom stereocenters. The summed E-state index contributed by atoms with van der Waals surface area (Å²) >= 11 is 0. The van der Waals surface area contributed by atoms with E-state index in [0.29, 0.717) is 19.3 Å². The first-order chi connectivity index (χ1) is 7.77. The molecule has 1 aliphatic heterocycles. The summed E-state index contributed by atoms with van der Waals surface area (Å²) in [6.07, 6.45) is 3.63. The minimum Gasteiger partial charge on any atom is -0.464 e. The number of hydrogen-bond acceptors (Lipinski definition) is 4. The van der Waals surface area contributed by atoms with Crippen LogP contribution in [0.25, 0.3) is 0 Å². The molecular weight excluding hydrogens is 206 g/mol. The van der Waals surface area contributed by atoms with Crippen LogP contribution in [0.15, 0.2) is 0 Å². The molecule has 0 spiro atoms. The fourth-order valence-corrected chi connectivity index (χ4v) is 1.90. The van der Waals surface area contributed by atoms with Crippen LogP contribution in [0.2, 0.25) is 0 Å². The Labute approximate surface area is 97.7 Å². The van der Waals surface area contributed by atoms with Gasteiger partial charge in [-0.05, 0) is 32.7 Å². The third-order valence-electron chi connectivity index (χ3n) is 2.76. The molecule has 0 aromatic carbocycles. The molecule has 1 saturated heterocycles. The third kappa shape index (κ3) is 4.49. The van der Waals surface area contributed by atoms with Crippen LogP contribution in [0.3, 0.4) is 0 Å². The predicted octanol–water partition coefficient (Wildman–Crippen LogP) is 1.49. The Hall–Kier alpha value is -0.610.